The Kier molecular flexibility index (Phi) is 3.57. The van der Waals surface area contributed by atoms with E-state index >= 15 is 0 Å². The van der Waals surface area contributed by atoms with Gasteiger partial charge in [-0.1, -0.05) is 17.8 Å². The van der Waals surface area contributed by atoms with Crippen molar-refractivity contribution in [3.05, 3.63) is 43.0 Å². The number of amides is 1. The topological polar surface area (TPSA) is 55.4 Å². The van der Waals surface area contributed by atoms with Crippen LogP contribution >= 0.6 is 11.8 Å². The average molecular weight is 327 g/mol. The monoisotopic (exact) mass is 327 g/mol. The Balaban J connectivity index is 1.58. The van der Waals surface area contributed by atoms with Crippen molar-refractivity contribution in [2.24, 2.45) is 7.05 Å². The van der Waals surface area contributed by atoms with Gasteiger partial charge in [0.15, 0.2) is 5.16 Å². The summed E-state index contributed by atoms with van der Waals surface area (Å²) in [6.45, 7) is 0.754. The largest absolute Gasteiger partial charge is 0.309 e. The number of aromatic nitrogens is 4. The summed E-state index contributed by atoms with van der Waals surface area (Å²) < 4.78 is 3.75. The number of fused-ring (bicyclic) bond motifs is 1. The van der Waals surface area contributed by atoms with Crippen LogP contribution in [0, 0.1) is 0 Å². The number of carbonyl (C=O) groups excluding carboxylic acids is 1. The number of nitrogens with zero attached hydrogens (tertiary/aromatic N) is 5. The molecule has 0 aromatic carbocycles. The normalized spacial score (nSPS) is 18.7. The standard InChI is InChI=1S/C16H17N5OS/c1-19-11-13(10-18-19)20-8-4-6-14(15(20)22)23-16-17-9-12-5-2-3-7-21(12)16/h2-3,5,7,9-11,14H,4,6,8H2,1H3. The molecule has 1 unspecified atom stereocenters. The zero-order valence-corrected chi connectivity index (χ0v) is 13.6. The summed E-state index contributed by atoms with van der Waals surface area (Å²) in [7, 11) is 1.86. The molecule has 1 fully saturated rings. The molecule has 0 aliphatic carbocycles. The quantitative estimate of drug-likeness (QED) is 0.741. The summed E-state index contributed by atoms with van der Waals surface area (Å²) >= 11 is 1.55. The lowest BCUT2D eigenvalue weighted by Gasteiger charge is -2.30. The Morgan fingerprint density at radius 1 is 1.30 bits per heavy atom. The van der Waals surface area contributed by atoms with E-state index in [1.165, 1.54) is 0 Å². The Bertz CT molecular complexity index is 855. The van der Waals surface area contributed by atoms with Crippen LogP contribution in [0.1, 0.15) is 12.8 Å². The summed E-state index contributed by atoms with van der Waals surface area (Å²) in [5, 5.41) is 4.93. The number of rotatable bonds is 3. The highest BCUT2D eigenvalue weighted by atomic mass is 32.2. The molecule has 23 heavy (non-hydrogen) atoms. The van der Waals surface area contributed by atoms with Crippen molar-refractivity contribution >= 4 is 28.9 Å². The van der Waals surface area contributed by atoms with E-state index in [1.807, 2.05) is 53.1 Å². The molecule has 0 radical (unpaired) electrons. The van der Waals surface area contributed by atoms with Gasteiger partial charge >= 0.3 is 0 Å². The summed E-state index contributed by atoms with van der Waals surface area (Å²) in [4.78, 5) is 19.1. The molecule has 1 aliphatic rings. The minimum Gasteiger partial charge on any atom is -0.309 e. The molecular formula is C16H17N5OS. The third-order valence-corrected chi connectivity index (χ3v) is 5.28. The van der Waals surface area contributed by atoms with Gasteiger partial charge in [-0.25, -0.2) is 4.98 Å². The van der Waals surface area contributed by atoms with Crippen molar-refractivity contribution in [1.82, 2.24) is 19.2 Å². The fourth-order valence-corrected chi connectivity index (χ4v) is 4.05. The van der Waals surface area contributed by atoms with Gasteiger partial charge in [0.05, 0.1) is 28.8 Å². The zero-order chi connectivity index (χ0) is 15.8. The summed E-state index contributed by atoms with van der Waals surface area (Å²) in [6.07, 6.45) is 9.32. The Morgan fingerprint density at radius 3 is 3.04 bits per heavy atom. The molecule has 4 rings (SSSR count). The van der Waals surface area contributed by atoms with Crippen LogP contribution in [0.25, 0.3) is 5.52 Å². The lowest BCUT2D eigenvalue weighted by atomic mass is 10.1. The van der Waals surface area contributed by atoms with Gasteiger partial charge in [0, 0.05) is 26.0 Å². The molecule has 3 aromatic rings. The minimum absolute atomic E-state index is 0.102. The van der Waals surface area contributed by atoms with Crippen LogP contribution in [0.15, 0.2) is 48.1 Å². The lowest BCUT2D eigenvalue weighted by Crippen LogP contribution is -2.42. The van der Waals surface area contributed by atoms with Gasteiger partial charge in [0.2, 0.25) is 5.91 Å². The minimum atomic E-state index is -0.102. The molecule has 1 aliphatic heterocycles. The van der Waals surface area contributed by atoms with Crippen LogP contribution in [0.3, 0.4) is 0 Å². The van der Waals surface area contributed by atoms with Gasteiger partial charge in [-0.05, 0) is 25.0 Å². The highest BCUT2D eigenvalue weighted by Crippen LogP contribution is 2.32. The predicted molar refractivity (Wildman–Crippen MR) is 89.6 cm³/mol. The van der Waals surface area contributed by atoms with E-state index in [0.29, 0.717) is 0 Å². The molecule has 1 amide bonds. The van der Waals surface area contributed by atoms with E-state index in [2.05, 4.69) is 10.1 Å². The van der Waals surface area contributed by atoms with Crippen molar-refractivity contribution in [3.8, 4) is 0 Å². The van der Waals surface area contributed by atoms with E-state index in [1.54, 1.807) is 22.6 Å². The van der Waals surface area contributed by atoms with Gasteiger partial charge < -0.3 is 4.90 Å². The Labute approximate surface area is 138 Å². The maximum absolute atomic E-state index is 12.8. The number of hydrogen-bond acceptors (Lipinski definition) is 4. The summed E-state index contributed by atoms with van der Waals surface area (Å²) in [5.41, 5.74) is 1.91. The van der Waals surface area contributed by atoms with Crippen LogP contribution in [-0.4, -0.2) is 36.9 Å². The third-order valence-electron chi connectivity index (χ3n) is 4.04. The van der Waals surface area contributed by atoms with Gasteiger partial charge in [-0.2, -0.15) is 5.10 Å². The number of piperidine rings is 1. The smallest absolute Gasteiger partial charge is 0.240 e. The highest BCUT2D eigenvalue weighted by molar-refractivity contribution is 8.00. The first-order valence-electron chi connectivity index (χ1n) is 7.61. The van der Waals surface area contributed by atoms with E-state index in [9.17, 15) is 4.79 Å². The summed E-state index contributed by atoms with van der Waals surface area (Å²) in [5.74, 6) is 0.141. The number of anilines is 1. The number of aryl methyl sites for hydroxylation is 1. The van der Waals surface area contributed by atoms with Crippen LogP contribution in [-0.2, 0) is 11.8 Å². The fourth-order valence-electron chi connectivity index (χ4n) is 2.89. The van der Waals surface area contributed by atoms with Crippen LogP contribution in [0.5, 0.6) is 0 Å². The fraction of sp³-hybridized carbons (Fsp3) is 0.312. The number of carbonyl (C=O) groups is 1. The maximum atomic E-state index is 12.8. The zero-order valence-electron chi connectivity index (χ0n) is 12.8. The molecule has 0 saturated carbocycles. The number of thioether (sulfide) groups is 1. The third kappa shape index (κ3) is 2.61. The second-order valence-corrected chi connectivity index (χ2v) is 6.82. The lowest BCUT2D eigenvalue weighted by molar-refractivity contribution is -0.119. The molecular weight excluding hydrogens is 310 g/mol. The first kappa shape index (κ1) is 14.3. The second-order valence-electron chi connectivity index (χ2n) is 5.65. The molecule has 1 saturated heterocycles. The first-order valence-corrected chi connectivity index (χ1v) is 8.49. The summed E-state index contributed by atoms with van der Waals surface area (Å²) in [6, 6.07) is 5.98. The van der Waals surface area contributed by atoms with Crippen molar-refractivity contribution in [2.45, 2.75) is 23.2 Å². The van der Waals surface area contributed by atoms with Crippen LogP contribution in [0.4, 0.5) is 5.69 Å². The Morgan fingerprint density at radius 2 is 2.22 bits per heavy atom. The number of pyridine rings is 1. The van der Waals surface area contributed by atoms with Crippen molar-refractivity contribution in [1.29, 1.82) is 0 Å². The molecule has 0 bridgehead atoms. The molecule has 3 aromatic heterocycles. The van der Waals surface area contributed by atoms with Crippen molar-refractivity contribution in [3.63, 3.8) is 0 Å². The maximum Gasteiger partial charge on any atom is 0.240 e. The van der Waals surface area contributed by atoms with Gasteiger partial charge in [-0.15, -0.1) is 0 Å². The number of hydrogen-bond donors (Lipinski definition) is 0. The molecule has 118 valence electrons. The van der Waals surface area contributed by atoms with Crippen LogP contribution < -0.4 is 4.90 Å². The van der Waals surface area contributed by atoms with E-state index in [4.69, 9.17) is 0 Å². The Hall–Kier alpha value is -2.28. The van der Waals surface area contributed by atoms with E-state index in [0.717, 1.165) is 35.7 Å². The van der Waals surface area contributed by atoms with Gasteiger partial charge in [0.25, 0.3) is 0 Å². The van der Waals surface area contributed by atoms with E-state index in [-0.39, 0.29) is 11.2 Å². The van der Waals surface area contributed by atoms with Crippen molar-refractivity contribution in [2.75, 3.05) is 11.4 Å². The van der Waals surface area contributed by atoms with Crippen LogP contribution in [0.2, 0.25) is 0 Å². The second kappa shape index (κ2) is 5.73. The molecule has 6 nitrogen and oxygen atoms in total. The predicted octanol–water partition coefficient (Wildman–Crippen LogP) is 2.36. The van der Waals surface area contributed by atoms with E-state index < -0.39 is 0 Å². The number of imidazole rings is 1. The molecule has 1 atom stereocenters. The molecule has 4 heterocycles. The first-order chi connectivity index (χ1) is 11.2. The molecule has 0 N–H and O–H groups in total. The SMILES string of the molecule is Cn1cc(N2CCCC(Sc3ncc4ccccn34)C2=O)cn1. The molecule has 0 spiro atoms. The van der Waals surface area contributed by atoms with Gasteiger partial charge in [0.1, 0.15) is 0 Å². The average Bonchev–Trinajstić information content (AvgIpc) is 3.16. The van der Waals surface area contributed by atoms with Crippen molar-refractivity contribution < 1.29 is 4.79 Å². The molecule has 7 heteroatoms. The van der Waals surface area contributed by atoms with Gasteiger partial charge in [-0.3, -0.25) is 13.9 Å². The highest BCUT2D eigenvalue weighted by Gasteiger charge is 2.32.